The predicted octanol–water partition coefficient (Wildman–Crippen LogP) is 3.94. The number of hydrogen-bond acceptors (Lipinski definition) is 6. The highest BCUT2D eigenvalue weighted by molar-refractivity contribution is 6.11. The fourth-order valence-corrected chi connectivity index (χ4v) is 4.56. The molecule has 36 heavy (non-hydrogen) atoms. The summed E-state index contributed by atoms with van der Waals surface area (Å²) in [5.41, 5.74) is 2.18. The van der Waals surface area contributed by atoms with Crippen LogP contribution in [0.25, 0.3) is 16.6 Å². The molecule has 2 N–H and O–H groups in total. The lowest BCUT2D eigenvalue weighted by molar-refractivity contribution is 0.0203. The molecule has 3 aromatic heterocycles. The number of aromatic amines is 1. The maximum atomic E-state index is 12.8. The number of nitrogens with zero attached hydrogens (tertiary/aromatic N) is 4. The lowest BCUT2D eigenvalue weighted by atomic mass is 9.93. The number of ether oxygens (including phenoxy) is 1. The van der Waals surface area contributed by atoms with Gasteiger partial charge in [0.2, 0.25) is 0 Å². The van der Waals surface area contributed by atoms with E-state index < -0.39 is 5.60 Å². The first-order chi connectivity index (χ1) is 17.2. The van der Waals surface area contributed by atoms with Gasteiger partial charge in [-0.3, -0.25) is 14.6 Å². The minimum absolute atomic E-state index is 0.0395. The van der Waals surface area contributed by atoms with Gasteiger partial charge >= 0.3 is 6.09 Å². The average molecular weight is 489 g/mol. The van der Waals surface area contributed by atoms with Gasteiger partial charge in [0.05, 0.1) is 22.3 Å². The molecule has 0 atom stereocenters. The minimum Gasteiger partial charge on any atom is -0.444 e. The number of anilines is 1. The van der Waals surface area contributed by atoms with E-state index in [1.807, 2.05) is 32.9 Å². The normalized spacial score (nSPS) is 14.8. The molecule has 0 spiro atoms. The summed E-state index contributed by atoms with van der Waals surface area (Å²) < 4.78 is 7.25. The summed E-state index contributed by atoms with van der Waals surface area (Å²) in [6.45, 7) is 6.60. The summed E-state index contributed by atoms with van der Waals surface area (Å²) >= 11 is 0. The SMILES string of the molecule is CC(C)(C)OC(=O)N1CCC(c2cc(=O)[nH]c3c4c(NC(=O)c5ccncc5)cccc4nn23)CC1. The third-order valence-corrected chi connectivity index (χ3v) is 6.22. The van der Waals surface area contributed by atoms with Crippen molar-refractivity contribution in [2.45, 2.75) is 45.1 Å². The van der Waals surface area contributed by atoms with Crippen LogP contribution in [0, 0.1) is 0 Å². The smallest absolute Gasteiger partial charge is 0.410 e. The Bertz CT molecular complexity index is 1490. The van der Waals surface area contributed by atoms with Crippen molar-refractivity contribution in [1.82, 2.24) is 24.5 Å². The number of piperidine rings is 1. The molecule has 10 heteroatoms. The van der Waals surface area contributed by atoms with Gasteiger partial charge in [0.25, 0.3) is 11.5 Å². The van der Waals surface area contributed by atoms with E-state index in [1.54, 1.807) is 46.1 Å². The number of rotatable bonds is 3. The zero-order chi connectivity index (χ0) is 25.4. The van der Waals surface area contributed by atoms with Crippen LogP contribution < -0.4 is 10.9 Å². The second kappa shape index (κ2) is 9.10. The molecule has 0 saturated carbocycles. The standard InChI is InChI=1S/C26H28N6O4/c1-26(2,3)36-25(35)31-13-9-16(10-14-31)20-15-21(33)29-23-22-18(5-4-6-19(22)30-32(20)23)28-24(34)17-7-11-27-12-8-17/h4-8,11-12,15-16H,9-10,13-14H2,1-3H3,(H,28,34)(H,29,33). The van der Waals surface area contributed by atoms with Crippen LogP contribution in [-0.4, -0.2) is 55.2 Å². The molecule has 0 bridgehead atoms. The molecular weight excluding hydrogens is 460 g/mol. The molecule has 0 unspecified atom stereocenters. The highest BCUT2D eigenvalue weighted by atomic mass is 16.6. The zero-order valence-corrected chi connectivity index (χ0v) is 20.4. The van der Waals surface area contributed by atoms with Gasteiger partial charge in [-0.2, -0.15) is 5.10 Å². The number of carbonyl (C=O) groups excluding carboxylic acids is 2. The van der Waals surface area contributed by atoms with Gasteiger partial charge < -0.3 is 19.9 Å². The molecule has 4 heterocycles. The quantitative estimate of drug-likeness (QED) is 0.451. The molecule has 1 fully saturated rings. The van der Waals surface area contributed by atoms with E-state index in [4.69, 9.17) is 9.84 Å². The van der Waals surface area contributed by atoms with Crippen LogP contribution in [0.15, 0.2) is 53.6 Å². The first-order valence-corrected chi connectivity index (χ1v) is 11.9. The van der Waals surface area contributed by atoms with E-state index in [9.17, 15) is 14.4 Å². The number of aromatic nitrogens is 4. The lowest BCUT2D eigenvalue weighted by Crippen LogP contribution is -2.41. The van der Waals surface area contributed by atoms with Crippen LogP contribution in [0.5, 0.6) is 0 Å². The van der Waals surface area contributed by atoms with Gasteiger partial charge in [-0.15, -0.1) is 0 Å². The Morgan fingerprint density at radius 1 is 1.11 bits per heavy atom. The summed E-state index contributed by atoms with van der Waals surface area (Å²) in [6, 6.07) is 10.3. The van der Waals surface area contributed by atoms with Crippen molar-refractivity contribution in [2.24, 2.45) is 0 Å². The van der Waals surface area contributed by atoms with Crippen molar-refractivity contribution in [3.05, 3.63) is 70.4 Å². The lowest BCUT2D eigenvalue weighted by Gasteiger charge is -2.33. The van der Waals surface area contributed by atoms with Gasteiger partial charge in [0.15, 0.2) is 0 Å². The van der Waals surface area contributed by atoms with Crippen molar-refractivity contribution < 1.29 is 14.3 Å². The highest BCUT2D eigenvalue weighted by Gasteiger charge is 2.29. The van der Waals surface area contributed by atoms with E-state index in [2.05, 4.69) is 15.3 Å². The van der Waals surface area contributed by atoms with Gasteiger partial charge in [0.1, 0.15) is 11.2 Å². The fraction of sp³-hybridized carbons (Fsp3) is 0.346. The number of H-pyrrole nitrogens is 1. The van der Waals surface area contributed by atoms with Crippen LogP contribution >= 0.6 is 0 Å². The molecule has 1 aromatic carbocycles. The Morgan fingerprint density at radius 2 is 1.83 bits per heavy atom. The van der Waals surface area contributed by atoms with Crippen LogP contribution in [0.2, 0.25) is 0 Å². The highest BCUT2D eigenvalue weighted by Crippen LogP contribution is 2.32. The second-order valence-electron chi connectivity index (χ2n) is 9.95. The van der Waals surface area contributed by atoms with Crippen LogP contribution in [-0.2, 0) is 4.74 Å². The number of hydrogen-bond donors (Lipinski definition) is 2. The number of benzene rings is 1. The topological polar surface area (TPSA) is 122 Å². The molecule has 5 rings (SSSR count). The maximum Gasteiger partial charge on any atom is 0.410 e. The van der Waals surface area contributed by atoms with Crippen molar-refractivity contribution >= 4 is 34.2 Å². The van der Waals surface area contributed by atoms with Gasteiger partial charge in [0, 0.05) is 43.0 Å². The molecular formula is C26H28N6O4. The van der Waals surface area contributed by atoms with Gasteiger partial charge in [-0.1, -0.05) is 6.07 Å². The van der Waals surface area contributed by atoms with Crippen LogP contribution in [0.4, 0.5) is 10.5 Å². The van der Waals surface area contributed by atoms with Crippen LogP contribution in [0.1, 0.15) is 55.6 Å². The second-order valence-corrected chi connectivity index (χ2v) is 9.95. The summed E-state index contributed by atoms with van der Waals surface area (Å²) in [6.07, 6.45) is 4.15. The number of amides is 2. The summed E-state index contributed by atoms with van der Waals surface area (Å²) in [5.74, 6) is -0.241. The third kappa shape index (κ3) is 4.66. The Morgan fingerprint density at radius 3 is 2.53 bits per heavy atom. The molecule has 2 amide bonds. The minimum atomic E-state index is -0.549. The number of pyridine rings is 1. The number of nitrogens with one attached hydrogen (secondary N) is 2. The fourth-order valence-electron chi connectivity index (χ4n) is 4.56. The van der Waals surface area contributed by atoms with E-state index in [1.165, 1.54) is 0 Å². The zero-order valence-electron chi connectivity index (χ0n) is 20.4. The first kappa shape index (κ1) is 23.5. The molecule has 1 saturated heterocycles. The van der Waals surface area contributed by atoms with Gasteiger partial charge in [-0.25, -0.2) is 9.31 Å². The van der Waals surface area contributed by atoms with Crippen molar-refractivity contribution in [3.63, 3.8) is 0 Å². The van der Waals surface area contributed by atoms with E-state index in [-0.39, 0.29) is 23.5 Å². The molecule has 186 valence electrons. The number of fused-ring (bicyclic) bond motifs is 3. The van der Waals surface area contributed by atoms with Crippen molar-refractivity contribution in [3.8, 4) is 0 Å². The monoisotopic (exact) mass is 488 g/mol. The number of likely N-dealkylation sites (tertiary alicyclic amines) is 1. The van der Waals surface area contributed by atoms with Crippen molar-refractivity contribution in [2.75, 3.05) is 18.4 Å². The summed E-state index contributed by atoms with van der Waals surface area (Å²) in [5, 5.41) is 8.35. The Hall–Kier alpha value is -4.21. The Labute approximate surface area is 207 Å². The molecule has 10 nitrogen and oxygen atoms in total. The average Bonchev–Trinajstić information content (AvgIpc) is 3.22. The molecule has 1 aliphatic rings. The summed E-state index contributed by atoms with van der Waals surface area (Å²) in [7, 11) is 0. The Kier molecular flexibility index (Phi) is 5.95. The predicted molar refractivity (Wildman–Crippen MR) is 135 cm³/mol. The number of carbonyl (C=O) groups is 2. The van der Waals surface area contributed by atoms with Crippen molar-refractivity contribution in [1.29, 1.82) is 0 Å². The Balaban J connectivity index is 1.46. The summed E-state index contributed by atoms with van der Waals surface area (Å²) in [4.78, 5) is 46.5. The van der Waals surface area contributed by atoms with Crippen LogP contribution in [0.3, 0.4) is 0 Å². The van der Waals surface area contributed by atoms with E-state index >= 15 is 0 Å². The van der Waals surface area contributed by atoms with E-state index in [0.29, 0.717) is 53.7 Å². The largest absolute Gasteiger partial charge is 0.444 e. The molecule has 4 aromatic rings. The third-order valence-electron chi connectivity index (χ3n) is 6.22. The van der Waals surface area contributed by atoms with E-state index in [0.717, 1.165) is 5.69 Å². The molecule has 1 aliphatic heterocycles. The molecule has 0 aliphatic carbocycles. The van der Waals surface area contributed by atoms with Gasteiger partial charge in [-0.05, 0) is 57.9 Å². The first-order valence-electron chi connectivity index (χ1n) is 11.9. The maximum absolute atomic E-state index is 12.8. The molecule has 0 radical (unpaired) electrons.